The van der Waals surface area contributed by atoms with E-state index in [0.29, 0.717) is 13.2 Å². The van der Waals surface area contributed by atoms with Crippen molar-refractivity contribution in [1.29, 1.82) is 0 Å². The lowest BCUT2D eigenvalue weighted by Gasteiger charge is -2.24. The summed E-state index contributed by atoms with van der Waals surface area (Å²) in [5, 5.41) is 9.11. The van der Waals surface area contributed by atoms with Crippen LogP contribution in [0.1, 0.15) is 19.4 Å². The van der Waals surface area contributed by atoms with Crippen LogP contribution in [0, 0.1) is 0 Å². The van der Waals surface area contributed by atoms with Crippen molar-refractivity contribution in [2.24, 2.45) is 0 Å². The second kappa shape index (κ2) is 6.47. The zero-order valence-electron chi connectivity index (χ0n) is 10.8. The maximum atomic E-state index is 9.11. The van der Waals surface area contributed by atoms with Gasteiger partial charge in [0.15, 0.2) is 0 Å². The molecule has 1 aromatic carbocycles. The van der Waals surface area contributed by atoms with Gasteiger partial charge < -0.3 is 15.6 Å². The number of nitrogen functional groups attached to an aromatic ring is 1. The Bertz CT molecular complexity index is 355. The Labute approximate surface area is 103 Å². The first-order valence-corrected chi connectivity index (χ1v) is 5.90. The van der Waals surface area contributed by atoms with Crippen molar-refractivity contribution < 1.29 is 9.84 Å². The molecule has 0 aliphatic heterocycles. The van der Waals surface area contributed by atoms with Crippen molar-refractivity contribution in [3.8, 4) is 5.75 Å². The third-order valence-corrected chi connectivity index (χ3v) is 2.82. The molecule has 0 aliphatic carbocycles. The third-order valence-electron chi connectivity index (χ3n) is 2.82. The Hall–Kier alpha value is -1.26. The molecule has 0 amide bonds. The van der Waals surface area contributed by atoms with Crippen LogP contribution in [0.25, 0.3) is 0 Å². The second-order valence-corrected chi connectivity index (χ2v) is 4.25. The number of aliphatic hydroxyl groups excluding tert-OH is 1. The monoisotopic (exact) mass is 238 g/mol. The number of aliphatic hydroxyl groups is 1. The van der Waals surface area contributed by atoms with Crippen molar-refractivity contribution in [1.82, 2.24) is 4.90 Å². The fraction of sp³-hybridized carbons (Fsp3) is 0.538. The second-order valence-electron chi connectivity index (χ2n) is 4.25. The van der Waals surface area contributed by atoms with Crippen molar-refractivity contribution in [3.63, 3.8) is 0 Å². The van der Waals surface area contributed by atoms with E-state index < -0.39 is 0 Å². The Morgan fingerprint density at radius 1 is 1.47 bits per heavy atom. The molecule has 1 unspecified atom stereocenters. The van der Waals surface area contributed by atoms with Gasteiger partial charge in [0.25, 0.3) is 0 Å². The van der Waals surface area contributed by atoms with Gasteiger partial charge in [-0.25, -0.2) is 0 Å². The highest BCUT2D eigenvalue weighted by atomic mass is 16.5. The predicted octanol–water partition coefficient (Wildman–Crippen LogP) is 1.48. The van der Waals surface area contributed by atoms with Crippen LogP contribution in [-0.4, -0.2) is 36.3 Å². The van der Waals surface area contributed by atoms with E-state index in [0.717, 1.165) is 17.0 Å². The summed E-state index contributed by atoms with van der Waals surface area (Å²) in [4.78, 5) is 2.07. The fourth-order valence-corrected chi connectivity index (χ4v) is 1.58. The molecule has 96 valence electrons. The van der Waals surface area contributed by atoms with Crippen LogP contribution in [0.15, 0.2) is 18.2 Å². The minimum Gasteiger partial charge on any atom is -0.494 e. The molecule has 0 saturated heterocycles. The van der Waals surface area contributed by atoms with E-state index in [2.05, 4.69) is 4.90 Å². The number of hydrogen-bond acceptors (Lipinski definition) is 4. The molecular formula is C13H22N2O2. The van der Waals surface area contributed by atoms with Gasteiger partial charge in [-0.2, -0.15) is 0 Å². The third kappa shape index (κ3) is 3.91. The summed E-state index contributed by atoms with van der Waals surface area (Å²) >= 11 is 0. The maximum Gasteiger partial charge on any atom is 0.123 e. The Kier molecular flexibility index (Phi) is 5.25. The lowest BCUT2D eigenvalue weighted by atomic mass is 10.1. The predicted molar refractivity (Wildman–Crippen MR) is 70.0 cm³/mol. The van der Waals surface area contributed by atoms with Crippen LogP contribution >= 0.6 is 0 Å². The van der Waals surface area contributed by atoms with Crippen LogP contribution in [0.3, 0.4) is 0 Å². The van der Waals surface area contributed by atoms with Crippen LogP contribution in [-0.2, 0) is 6.54 Å². The molecular weight excluding hydrogens is 216 g/mol. The number of anilines is 1. The molecule has 0 spiro atoms. The van der Waals surface area contributed by atoms with Gasteiger partial charge in [-0.1, -0.05) is 0 Å². The van der Waals surface area contributed by atoms with Crippen LogP contribution in [0.5, 0.6) is 5.75 Å². The van der Waals surface area contributed by atoms with Gasteiger partial charge in [-0.05, 0) is 39.1 Å². The number of benzene rings is 1. The SMILES string of the molecule is CCOc1ccc(N)cc1CN(C)C(C)CO. The van der Waals surface area contributed by atoms with Crippen LogP contribution in [0.4, 0.5) is 5.69 Å². The molecule has 0 aliphatic rings. The fourth-order valence-electron chi connectivity index (χ4n) is 1.58. The number of nitrogens with zero attached hydrogens (tertiary/aromatic N) is 1. The minimum absolute atomic E-state index is 0.117. The average Bonchev–Trinajstić information content (AvgIpc) is 2.31. The largest absolute Gasteiger partial charge is 0.494 e. The average molecular weight is 238 g/mol. The lowest BCUT2D eigenvalue weighted by molar-refractivity contribution is 0.152. The minimum atomic E-state index is 0.117. The molecule has 1 atom stereocenters. The van der Waals surface area contributed by atoms with Gasteiger partial charge in [0.05, 0.1) is 13.2 Å². The van der Waals surface area contributed by atoms with E-state index in [4.69, 9.17) is 15.6 Å². The van der Waals surface area contributed by atoms with E-state index in [1.54, 1.807) is 0 Å². The number of hydrogen-bond donors (Lipinski definition) is 2. The molecule has 17 heavy (non-hydrogen) atoms. The molecule has 3 N–H and O–H groups in total. The highest BCUT2D eigenvalue weighted by Crippen LogP contribution is 2.23. The number of nitrogens with two attached hydrogens (primary N) is 1. The van der Waals surface area contributed by atoms with Crippen molar-refractivity contribution in [3.05, 3.63) is 23.8 Å². The number of ether oxygens (including phenoxy) is 1. The smallest absolute Gasteiger partial charge is 0.123 e. The summed E-state index contributed by atoms with van der Waals surface area (Å²) in [5.74, 6) is 0.860. The summed E-state index contributed by atoms with van der Waals surface area (Å²) in [6.07, 6.45) is 0. The topological polar surface area (TPSA) is 58.7 Å². The lowest BCUT2D eigenvalue weighted by Crippen LogP contribution is -2.31. The number of likely N-dealkylation sites (N-methyl/N-ethyl adjacent to an activating group) is 1. The van der Waals surface area contributed by atoms with Gasteiger partial charge >= 0.3 is 0 Å². The summed E-state index contributed by atoms with van der Waals surface area (Å²) in [6, 6.07) is 5.77. The zero-order chi connectivity index (χ0) is 12.8. The standard InChI is InChI=1S/C13H22N2O2/c1-4-17-13-6-5-12(14)7-11(13)8-15(3)10(2)9-16/h5-7,10,16H,4,8-9,14H2,1-3H3. The first-order chi connectivity index (χ1) is 8.08. The molecule has 1 aromatic rings. The van der Waals surface area contributed by atoms with E-state index in [1.807, 2.05) is 39.1 Å². The molecule has 0 bridgehead atoms. The van der Waals surface area contributed by atoms with Gasteiger partial charge in [-0.15, -0.1) is 0 Å². The van der Waals surface area contributed by atoms with Crippen LogP contribution < -0.4 is 10.5 Å². The Morgan fingerprint density at radius 2 is 2.18 bits per heavy atom. The zero-order valence-corrected chi connectivity index (χ0v) is 10.8. The van der Waals surface area contributed by atoms with Crippen molar-refractivity contribution in [2.75, 3.05) is 26.0 Å². The summed E-state index contributed by atoms with van der Waals surface area (Å²) in [7, 11) is 1.97. The van der Waals surface area contributed by atoms with Crippen LogP contribution in [0.2, 0.25) is 0 Å². The first kappa shape index (κ1) is 13.8. The summed E-state index contributed by atoms with van der Waals surface area (Å²) < 4.78 is 5.56. The summed E-state index contributed by atoms with van der Waals surface area (Å²) in [5.41, 5.74) is 7.57. The van der Waals surface area contributed by atoms with Gasteiger partial charge in [0, 0.05) is 23.8 Å². The van der Waals surface area contributed by atoms with E-state index in [9.17, 15) is 0 Å². The molecule has 0 radical (unpaired) electrons. The quantitative estimate of drug-likeness (QED) is 0.737. The van der Waals surface area contributed by atoms with Crippen molar-refractivity contribution in [2.45, 2.75) is 26.4 Å². The van der Waals surface area contributed by atoms with Gasteiger partial charge in [0.2, 0.25) is 0 Å². The molecule has 0 aromatic heterocycles. The Balaban J connectivity index is 2.83. The Morgan fingerprint density at radius 3 is 2.76 bits per heavy atom. The molecule has 0 fully saturated rings. The first-order valence-electron chi connectivity index (χ1n) is 5.90. The normalized spacial score (nSPS) is 12.8. The maximum absolute atomic E-state index is 9.11. The van der Waals surface area contributed by atoms with E-state index in [1.165, 1.54) is 0 Å². The summed E-state index contributed by atoms with van der Waals surface area (Å²) in [6.45, 7) is 5.42. The number of rotatable bonds is 6. The van der Waals surface area contributed by atoms with Crippen molar-refractivity contribution >= 4 is 5.69 Å². The highest BCUT2D eigenvalue weighted by molar-refractivity contribution is 5.47. The highest BCUT2D eigenvalue weighted by Gasteiger charge is 2.11. The molecule has 4 nitrogen and oxygen atoms in total. The molecule has 1 rings (SSSR count). The van der Waals surface area contributed by atoms with E-state index >= 15 is 0 Å². The molecule has 4 heteroatoms. The molecule has 0 heterocycles. The van der Waals surface area contributed by atoms with E-state index in [-0.39, 0.29) is 12.6 Å². The molecule has 0 saturated carbocycles. The van der Waals surface area contributed by atoms with Gasteiger partial charge in [0.1, 0.15) is 5.75 Å². The van der Waals surface area contributed by atoms with Gasteiger partial charge in [-0.3, -0.25) is 4.90 Å².